The first-order valence-electron chi connectivity index (χ1n) is 6.59. The third-order valence-corrected chi connectivity index (χ3v) is 2.95. The third-order valence-electron chi connectivity index (χ3n) is 2.95. The normalized spacial score (nSPS) is 13.7. The molecule has 0 radical (unpaired) electrons. The first kappa shape index (κ1) is 14.3. The molecule has 0 spiro atoms. The lowest BCUT2D eigenvalue weighted by molar-refractivity contribution is -0.143. The summed E-state index contributed by atoms with van der Waals surface area (Å²) in [5.41, 5.74) is 0.492. The number of benzene rings is 1. The fraction of sp³-hybridized carbons (Fsp3) is 0.429. The zero-order chi connectivity index (χ0) is 14.5. The van der Waals surface area contributed by atoms with Crippen LogP contribution in [0.2, 0.25) is 0 Å². The highest BCUT2D eigenvalue weighted by Gasteiger charge is 2.34. The summed E-state index contributed by atoms with van der Waals surface area (Å²) >= 11 is 0. The van der Waals surface area contributed by atoms with E-state index >= 15 is 0 Å². The van der Waals surface area contributed by atoms with Crippen LogP contribution in [0.5, 0.6) is 0 Å². The summed E-state index contributed by atoms with van der Waals surface area (Å²) in [5.74, 6) is -0.790. The summed E-state index contributed by atoms with van der Waals surface area (Å²) in [7, 11) is 0. The number of carbonyl (C=O) groups excluding carboxylic acids is 2. The predicted octanol–water partition coefficient (Wildman–Crippen LogP) is 2.39. The summed E-state index contributed by atoms with van der Waals surface area (Å²) in [5, 5.41) is 2.65. The highest BCUT2D eigenvalue weighted by Crippen LogP contribution is 2.27. The van der Waals surface area contributed by atoms with Gasteiger partial charge in [0.1, 0.15) is 12.4 Å². The van der Waals surface area contributed by atoms with Gasteiger partial charge in [0, 0.05) is 11.7 Å². The van der Waals surface area contributed by atoms with Gasteiger partial charge in [-0.1, -0.05) is 0 Å². The fourth-order valence-corrected chi connectivity index (χ4v) is 1.83. The van der Waals surface area contributed by atoms with Crippen molar-refractivity contribution in [2.75, 3.05) is 18.5 Å². The van der Waals surface area contributed by atoms with E-state index in [-0.39, 0.29) is 31.0 Å². The number of rotatable bonds is 5. The molecular formula is C14H17FN2O3. The van der Waals surface area contributed by atoms with Crippen LogP contribution < -0.4 is 5.32 Å². The molecule has 2 amide bonds. The number of esters is 1. The molecule has 108 valence electrons. The van der Waals surface area contributed by atoms with Crippen LogP contribution in [0.25, 0.3) is 0 Å². The van der Waals surface area contributed by atoms with Crippen LogP contribution in [0, 0.1) is 5.82 Å². The first-order valence-corrected chi connectivity index (χ1v) is 6.59. The van der Waals surface area contributed by atoms with Crippen molar-refractivity contribution < 1.29 is 18.7 Å². The van der Waals surface area contributed by atoms with Crippen molar-refractivity contribution in [3.63, 3.8) is 0 Å². The van der Waals surface area contributed by atoms with E-state index in [1.54, 1.807) is 6.92 Å². The molecule has 0 heterocycles. The molecule has 0 bridgehead atoms. The molecule has 1 aliphatic carbocycles. The van der Waals surface area contributed by atoms with Crippen LogP contribution in [-0.4, -0.2) is 36.1 Å². The monoisotopic (exact) mass is 280 g/mol. The maximum absolute atomic E-state index is 12.8. The van der Waals surface area contributed by atoms with Crippen molar-refractivity contribution >= 4 is 17.7 Å². The Labute approximate surface area is 116 Å². The van der Waals surface area contributed by atoms with E-state index in [2.05, 4.69) is 5.32 Å². The molecule has 1 saturated carbocycles. The van der Waals surface area contributed by atoms with Crippen molar-refractivity contribution in [3.8, 4) is 0 Å². The number of hydrogen-bond donors (Lipinski definition) is 1. The lowest BCUT2D eigenvalue weighted by Crippen LogP contribution is -2.40. The molecule has 5 nitrogen and oxygen atoms in total. The number of urea groups is 1. The average Bonchev–Trinajstić information content (AvgIpc) is 3.23. The average molecular weight is 280 g/mol. The molecule has 1 aliphatic rings. The Balaban J connectivity index is 1.96. The van der Waals surface area contributed by atoms with Gasteiger partial charge in [-0.15, -0.1) is 0 Å². The second kappa shape index (κ2) is 6.36. The van der Waals surface area contributed by atoms with E-state index in [1.807, 2.05) is 0 Å². The number of nitrogens with zero attached hydrogens (tertiary/aromatic N) is 1. The molecule has 1 N–H and O–H groups in total. The van der Waals surface area contributed by atoms with Crippen LogP contribution in [0.1, 0.15) is 19.8 Å². The van der Waals surface area contributed by atoms with Crippen LogP contribution >= 0.6 is 0 Å². The summed E-state index contributed by atoms with van der Waals surface area (Å²) in [6.07, 6.45) is 1.77. The zero-order valence-corrected chi connectivity index (χ0v) is 11.3. The number of hydrogen-bond acceptors (Lipinski definition) is 3. The van der Waals surface area contributed by atoms with Crippen molar-refractivity contribution in [2.24, 2.45) is 0 Å². The van der Waals surface area contributed by atoms with E-state index in [0.717, 1.165) is 12.8 Å². The van der Waals surface area contributed by atoms with Crippen molar-refractivity contribution in [1.82, 2.24) is 4.90 Å². The molecule has 0 aliphatic heterocycles. The number of amides is 2. The summed E-state index contributed by atoms with van der Waals surface area (Å²) in [4.78, 5) is 25.1. The van der Waals surface area contributed by atoms with Gasteiger partial charge in [-0.25, -0.2) is 9.18 Å². The van der Waals surface area contributed by atoms with Gasteiger partial charge in [0.05, 0.1) is 6.61 Å². The molecule has 1 fully saturated rings. The predicted molar refractivity (Wildman–Crippen MR) is 71.8 cm³/mol. The van der Waals surface area contributed by atoms with Gasteiger partial charge in [-0.2, -0.15) is 0 Å². The van der Waals surface area contributed by atoms with E-state index in [9.17, 15) is 14.0 Å². The molecular weight excluding hydrogens is 263 g/mol. The zero-order valence-electron chi connectivity index (χ0n) is 11.3. The summed E-state index contributed by atoms with van der Waals surface area (Å²) in [6.45, 7) is 1.94. The third kappa shape index (κ3) is 3.94. The molecule has 20 heavy (non-hydrogen) atoms. The molecule has 0 unspecified atom stereocenters. The number of halogens is 1. The maximum Gasteiger partial charge on any atom is 0.325 e. The summed E-state index contributed by atoms with van der Waals surface area (Å²) < 4.78 is 17.6. The van der Waals surface area contributed by atoms with Gasteiger partial charge >= 0.3 is 12.0 Å². The number of ether oxygens (including phenoxy) is 1. The van der Waals surface area contributed by atoms with Crippen LogP contribution in [0.15, 0.2) is 24.3 Å². The molecule has 1 aromatic carbocycles. The van der Waals surface area contributed by atoms with Crippen LogP contribution in [0.4, 0.5) is 14.9 Å². The van der Waals surface area contributed by atoms with E-state index in [0.29, 0.717) is 5.69 Å². The largest absolute Gasteiger partial charge is 0.465 e. The Hall–Kier alpha value is -2.11. The SMILES string of the molecule is CCOC(=O)CN(C(=O)Nc1ccc(F)cc1)C1CC1. The highest BCUT2D eigenvalue weighted by molar-refractivity contribution is 5.92. The minimum Gasteiger partial charge on any atom is -0.465 e. The first-order chi connectivity index (χ1) is 9.60. The second-order valence-corrected chi connectivity index (χ2v) is 4.60. The van der Waals surface area contributed by atoms with Crippen molar-refractivity contribution in [1.29, 1.82) is 0 Å². The number of nitrogens with one attached hydrogen (secondary N) is 1. The van der Waals surface area contributed by atoms with E-state index < -0.39 is 5.97 Å². The second-order valence-electron chi connectivity index (χ2n) is 4.60. The smallest absolute Gasteiger partial charge is 0.325 e. The molecule has 0 atom stereocenters. The molecule has 1 aromatic rings. The van der Waals surface area contributed by atoms with Crippen molar-refractivity contribution in [2.45, 2.75) is 25.8 Å². The topological polar surface area (TPSA) is 58.6 Å². The lowest BCUT2D eigenvalue weighted by Gasteiger charge is -2.21. The summed E-state index contributed by atoms with van der Waals surface area (Å²) in [6, 6.07) is 5.20. The van der Waals surface area contributed by atoms with Crippen LogP contribution in [0.3, 0.4) is 0 Å². The van der Waals surface area contributed by atoms with Crippen molar-refractivity contribution in [3.05, 3.63) is 30.1 Å². The van der Waals surface area contributed by atoms with E-state index in [1.165, 1.54) is 29.2 Å². The van der Waals surface area contributed by atoms with Crippen LogP contribution in [-0.2, 0) is 9.53 Å². The molecule has 2 rings (SSSR count). The lowest BCUT2D eigenvalue weighted by atomic mass is 10.3. The fourth-order valence-electron chi connectivity index (χ4n) is 1.83. The van der Waals surface area contributed by atoms with Gasteiger partial charge in [-0.05, 0) is 44.0 Å². The Kier molecular flexibility index (Phi) is 4.55. The van der Waals surface area contributed by atoms with Gasteiger partial charge < -0.3 is 15.0 Å². The Morgan fingerprint density at radius 2 is 2.00 bits per heavy atom. The van der Waals surface area contributed by atoms with Gasteiger partial charge in [0.2, 0.25) is 0 Å². The Morgan fingerprint density at radius 3 is 2.55 bits per heavy atom. The highest BCUT2D eigenvalue weighted by atomic mass is 19.1. The minimum atomic E-state index is -0.423. The molecule has 0 saturated heterocycles. The molecule has 6 heteroatoms. The number of anilines is 1. The quantitative estimate of drug-likeness (QED) is 0.842. The molecule has 0 aromatic heterocycles. The van der Waals surface area contributed by atoms with Gasteiger partial charge in [0.25, 0.3) is 0 Å². The van der Waals surface area contributed by atoms with Gasteiger partial charge in [0.15, 0.2) is 0 Å². The maximum atomic E-state index is 12.8. The Morgan fingerprint density at radius 1 is 1.35 bits per heavy atom. The standard InChI is InChI=1S/C14H17FN2O3/c1-2-20-13(18)9-17(12-7-8-12)14(19)16-11-5-3-10(15)4-6-11/h3-6,12H,2,7-9H2,1H3,(H,16,19). The minimum absolute atomic E-state index is 0.0640. The Bertz CT molecular complexity index is 486. The van der Waals surface area contributed by atoms with E-state index in [4.69, 9.17) is 4.74 Å². The van der Waals surface area contributed by atoms with Gasteiger partial charge in [-0.3, -0.25) is 4.79 Å². The number of carbonyl (C=O) groups is 2.